The number of nitrogens with one attached hydrogen (secondary N) is 1. The molecule has 0 bridgehead atoms. The van der Waals surface area contributed by atoms with Gasteiger partial charge in [-0.05, 0) is 38.5 Å². The lowest BCUT2D eigenvalue weighted by atomic mass is 9.75. The van der Waals surface area contributed by atoms with Gasteiger partial charge >= 0.3 is 6.18 Å². The summed E-state index contributed by atoms with van der Waals surface area (Å²) in [7, 11) is 0. The molecule has 6 heteroatoms. The molecule has 98 valence electrons. The third-order valence-electron chi connectivity index (χ3n) is 3.83. The number of halogens is 3. The average molecular weight is 250 g/mol. The topological polar surface area (TPSA) is 55.1 Å². The van der Waals surface area contributed by atoms with E-state index in [0.29, 0.717) is 0 Å². The lowest BCUT2D eigenvalue weighted by molar-refractivity contribution is -0.186. The molecule has 0 aromatic rings. The van der Waals surface area contributed by atoms with Gasteiger partial charge in [0.05, 0.1) is 11.5 Å². The van der Waals surface area contributed by atoms with E-state index in [2.05, 4.69) is 5.32 Å². The van der Waals surface area contributed by atoms with Crippen molar-refractivity contribution in [2.24, 2.45) is 11.7 Å². The van der Waals surface area contributed by atoms with Gasteiger partial charge in [-0.2, -0.15) is 13.2 Å². The Balaban J connectivity index is 2.00. The first-order chi connectivity index (χ1) is 7.83. The summed E-state index contributed by atoms with van der Waals surface area (Å²) < 4.78 is 37.6. The first kappa shape index (κ1) is 12.7. The molecule has 0 aromatic carbocycles. The molecule has 0 aromatic heterocycles. The SMILES string of the molecule is NC(=O)C1(NC2CC2)CCC(C(F)(F)F)CC1. The van der Waals surface area contributed by atoms with Gasteiger partial charge in [0, 0.05) is 6.04 Å². The van der Waals surface area contributed by atoms with E-state index >= 15 is 0 Å². The summed E-state index contributed by atoms with van der Waals surface area (Å²) in [5.74, 6) is -1.79. The number of rotatable bonds is 3. The van der Waals surface area contributed by atoms with Crippen LogP contribution in [-0.4, -0.2) is 23.7 Å². The van der Waals surface area contributed by atoms with Gasteiger partial charge in [0.1, 0.15) is 0 Å². The standard InChI is InChI=1S/C11H17F3N2O/c12-11(13,14)7-3-5-10(6-4-7,9(15)17)16-8-1-2-8/h7-8,16H,1-6H2,(H2,15,17). The number of primary amides is 1. The van der Waals surface area contributed by atoms with Crippen LogP contribution in [0.4, 0.5) is 13.2 Å². The van der Waals surface area contributed by atoms with Crippen molar-refractivity contribution in [3.63, 3.8) is 0 Å². The summed E-state index contributed by atoms with van der Waals surface area (Å²) in [4.78, 5) is 11.5. The Labute approximate surface area is 97.9 Å². The molecule has 0 aliphatic heterocycles. The van der Waals surface area contributed by atoms with Crippen LogP contribution in [0.5, 0.6) is 0 Å². The number of hydrogen-bond acceptors (Lipinski definition) is 2. The van der Waals surface area contributed by atoms with Crippen LogP contribution in [0, 0.1) is 5.92 Å². The predicted octanol–water partition coefficient (Wildman–Crippen LogP) is 1.71. The molecular weight excluding hydrogens is 233 g/mol. The van der Waals surface area contributed by atoms with Crippen LogP contribution in [-0.2, 0) is 4.79 Å². The van der Waals surface area contributed by atoms with E-state index in [1.165, 1.54) is 0 Å². The highest BCUT2D eigenvalue weighted by Crippen LogP contribution is 2.42. The largest absolute Gasteiger partial charge is 0.391 e. The van der Waals surface area contributed by atoms with E-state index in [1.54, 1.807) is 0 Å². The summed E-state index contributed by atoms with van der Waals surface area (Å²) in [6.45, 7) is 0. The molecule has 3 N–H and O–H groups in total. The van der Waals surface area contributed by atoms with Crippen molar-refractivity contribution in [3.05, 3.63) is 0 Å². The van der Waals surface area contributed by atoms with Crippen LogP contribution >= 0.6 is 0 Å². The van der Waals surface area contributed by atoms with E-state index in [9.17, 15) is 18.0 Å². The number of carbonyl (C=O) groups excluding carboxylic acids is 1. The van der Waals surface area contributed by atoms with Gasteiger partial charge in [-0.25, -0.2) is 0 Å². The lowest BCUT2D eigenvalue weighted by Gasteiger charge is -2.39. The first-order valence-electron chi connectivity index (χ1n) is 5.98. The monoisotopic (exact) mass is 250 g/mol. The van der Waals surface area contributed by atoms with Crippen molar-refractivity contribution >= 4 is 5.91 Å². The van der Waals surface area contributed by atoms with Crippen LogP contribution in [0.1, 0.15) is 38.5 Å². The minimum absolute atomic E-state index is 0.00778. The van der Waals surface area contributed by atoms with Gasteiger partial charge in [-0.1, -0.05) is 0 Å². The molecule has 0 spiro atoms. The Morgan fingerprint density at radius 3 is 2.06 bits per heavy atom. The number of hydrogen-bond donors (Lipinski definition) is 2. The smallest absolute Gasteiger partial charge is 0.368 e. The molecule has 0 unspecified atom stereocenters. The van der Waals surface area contributed by atoms with E-state index in [0.717, 1.165) is 12.8 Å². The molecular formula is C11H17F3N2O. The van der Waals surface area contributed by atoms with E-state index in [-0.39, 0.29) is 31.7 Å². The fraction of sp³-hybridized carbons (Fsp3) is 0.909. The maximum Gasteiger partial charge on any atom is 0.391 e. The highest BCUT2D eigenvalue weighted by atomic mass is 19.4. The molecule has 0 heterocycles. The van der Waals surface area contributed by atoms with Gasteiger partial charge in [0.2, 0.25) is 5.91 Å². The minimum Gasteiger partial charge on any atom is -0.368 e. The van der Waals surface area contributed by atoms with Crippen LogP contribution in [0.3, 0.4) is 0 Å². The van der Waals surface area contributed by atoms with E-state index in [4.69, 9.17) is 5.73 Å². The highest BCUT2D eigenvalue weighted by Gasteiger charge is 2.49. The van der Waals surface area contributed by atoms with Gasteiger partial charge < -0.3 is 11.1 Å². The van der Waals surface area contributed by atoms with Crippen LogP contribution in [0.25, 0.3) is 0 Å². The Hall–Kier alpha value is -0.780. The first-order valence-corrected chi connectivity index (χ1v) is 5.98. The second kappa shape index (κ2) is 4.15. The molecule has 1 amide bonds. The van der Waals surface area contributed by atoms with E-state index in [1.807, 2.05) is 0 Å². The molecule has 2 saturated carbocycles. The summed E-state index contributed by atoms with van der Waals surface area (Å²) >= 11 is 0. The Morgan fingerprint density at radius 2 is 1.71 bits per heavy atom. The van der Waals surface area contributed by atoms with Crippen molar-refractivity contribution in [1.82, 2.24) is 5.32 Å². The molecule has 2 aliphatic rings. The zero-order chi connectivity index (χ0) is 12.7. The average Bonchev–Trinajstić information content (AvgIpc) is 3.00. The van der Waals surface area contributed by atoms with Crippen LogP contribution in [0.2, 0.25) is 0 Å². The second-order valence-corrected chi connectivity index (χ2v) is 5.18. The Morgan fingerprint density at radius 1 is 1.18 bits per heavy atom. The van der Waals surface area contributed by atoms with Gasteiger partial charge in [0.25, 0.3) is 0 Å². The van der Waals surface area contributed by atoms with Crippen molar-refractivity contribution in [2.45, 2.75) is 56.3 Å². The molecule has 0 saturated heterocycles. The molecule has 2 rings (SSSR count). The normalized spacial score (nSPS) is 34.6. The third-order valence-corrected chi connectivity index (χ3v) is 3.83. The van der Waals surface area contributed by atoms with E-state index < -0.39 is 23.5 Å². The summed E-state index contributed by atoms with van der Waals surface area (Å²) in [5.41, 5.74) is 4.45. The highest BCUT2D eigenvalue weighted by molar-refractivity contribution is 5.84. The van der Waals surface area contributed by atoms with Gasteiger partial charge in [-0.15, -0.1) is 0 Å². The molecule has 17 heavy (non-hydrogen) atoms. The Bertz CT molecular complexity index is 304. The number of amides is 1. The third kappa shape index (κ3) is 2.73. The van der Waals surface area contributed by atoms with Crippen LogP contribution in [0.15, 0.2) is 0 Å². The van der Waals surface area contributed by atoms with Gasteiger partial charge in [0.15, 0.2) is 0 Å². The molecule has 2 fully saturated rings. The molecule has 2 aliphatic carbocycles. The quantitative estimate of drug-likeness (QED) is 0.801. The Kier molecular flexibility index (Phi) is 3.10. The van der Waals surface area contributed by atoms with Crippen LogP contribution < -0.4 is 11.1 Å². The number of alkyl halides is 3. The maximum atomic E-state index is 12.5. The van der Waals surface area contributed by atoms with Crippen molar-refractivity contribution in [1.29, 1.82) is 0 Å². The van der Waals surface area contributed by atoms with Crippen molar-refractivity contribution in [3.8, 4) is 0 Å². The number of carbonyl (C=O) groups is 1. The summed E-state index contributed by atoms with van der Waals surface area (Å²) in [6, 6.07) is 0.268. The van der Waals surface area contributed by atoms with Crippen molar-refractivity contribution in [2.75, 3.05) is 0 Å². The van der Waals surface area contributed by atoms with Crippen molar-refractivity contribution < 1.29 is 18.0 Å². The second-order valence-electron chi connectivity index (χ2n) is 5.18. The zero-order valence-electron chi connectivity index (χ0n) is 9.52. The molecule has 0 radical (unpaired) electrons. The minimum atomic E-state index is -4.15. The fourth-order valence-electron chi connectivity index (χ4n) is 2.52. The summed E-state index contributed by atoms with van der Waals surface area (Å²) in [6.07, 6.45) is -1.80. The zero-order valence-corrected chi connectivity index (χ0v) is 9.52. The van der Waals surface area contributed by atoms with Gasteiger partial charge in [-0.3, -0.25) is 4.79 Å². The molecule has 3 nitrogen and oxygen atoms in total. The maximum absolute atomic E-state index is 12.5. The lowest BCUT2D eigenvalue weighted by Crippen LogP contribution is -2.58. The predicted molar refractivity (Wildman–Crippen MR) is 56.1 cm³/mol. The number of nitrogens with two attached hydrogens (primary N) is 1. The summed E-state index contributed by atoms with van der Waals surface area (Å²) in [5, 5.41) is 3.14. The fourth-order valence-corrected chi connectivity index (χ4v) is 2.52. The molecule has 0 atom stereocenters.